The molecule has 21 heavy (non-hydrogen) atoms. The summed E-state index contributed by atoms with van der Waals surface area (Å²) in [5, 5.41) is 6.67. The van der Waals surface area contributed by atoms with Gasteiger partial charge in [0.1, 0.15) is 6.04 Å². The van der Waals surface area contributed by atoms with Crippen molar-refractivity contribution in [1.29, 1.82) is 0 Å². The van der Waals surface area contributed by atoms with Crippen LogP contribution in [0.1, 0.15) is 31.2 Å². The van der Waals surface area contributed by atoms with Crippen LogP contribution in [0.5, 0.6) is 0 Å². The van der Waals surface area contributed by atoms with Gasteiger partial charge in [0.25, 0.3) is 0 Å². The van der Waals surface area contributed by atoms with Crippen molar-refractivity contribution < 1.29 is 4.79 Å². The number of hydrogen-bond acceptors (Lipinski definition) is 3. The van der Waals surface area contributed by atoms with Crippen LogP contribution in [0.25, 0.3) is 0 Å². The van der Waals surface area contributed by atoms with E-state index < -0.39 is 0 Å². The summed E-state index contributed by atoms with van der Waals surface area (Å²) < 4.78 is 0. The monoisotopic (exact) mass is 285 g/mol. The number of amides is 1. The van der Waals surface area contributed by atoms with Gasteiger partial charge in [0.05, 0.1) is 0 Å². The highest BCUT2D eigenvalue weighted by Gasteiger charge is 2.37. The van der Waals surface area contributed by atoms with E-state index in [9.17, 15) is 4.79 Å². The minimum Gasteiger partial charge on any atom is -0.373 e. The van der Waals surface area contributed by atoms with Crippen molar-refractivity contribution in [2.75, 3.05) is 18.4 Å². The lowest BCUT2D eigenvalue weighted by Gasteiger charge is -2.32. The summed E-state index contributed by atoms with van der Waals surface area (Å²) in [6.07, 6.45) is 5.78. The number of carbonyl (C=O) groups is 1. The molecule has 4 nitrogen and oxygen atoms in total. The van der Waals surface area contributed by atoms with E-state index in [1.165, 1.54) is 31.4 Å². The minimum absolute atomic E-state index is 0.0972. The van der Waals surface area contributed by atoms with Gasteiger partial charge in [0, 0.05) is 30.7 Å². The van der Waals surface area contributed by atoms with Gasteiger partial charge in [-0.3, -0.25) is 9.69 Å². The highest BCUT2D eigenvalue weighted by Crippen LogP contribution is 2.28. The van der Waals surface area contributed by atoms with Gasteiger partial charge in [0.2, 0.25) is 5.91 Å². The zero-order valence-corrected chi connectivity index (χ0v) is 12.3. The highest BCUT2D eigenvalue weighted by atomic mass is 16.2. The summed E-state index contributed by atoms with van der Waals surface area (Å²) in [5.74, 6) is 0.170. The standard InChI is InChI=1S/C17H23N3O/c21-17(15-11-12-5-1-2-6-13(12)18-15)19-14-8-10-20-9-4-3-7-16(14)20/h1-2,5-6,14-16,18H,3-4,7-11H2,(H,19,21). The van der Waals surface area contributed by atoms with Crippen LogP contribution < -0.4 is 10.6 Å². The third kappa shape index (κ3) is 2.42. The maximum Gasteiger partial charge on any atom is 0.243 e. The summed E-state index contributed by atoms with van der Waals surface area (Å²) >= 11 is 0. The van der Waals surface area contributed by atoms with E-state index >= 15 is 0 Å². The van der Waals surface area contributed by atoms with Crippen LogP contribution in [0, 0.1) is 0 Å². The Bertz CT molecular complexity index is 520. The molecule has 2 fully saturated rings. The normalized spacial score (nSPS) is 31.3. The first-order valence-corrected chi connectivity index (χ1v) is 8.20. The van der Waals surface area contributed by atoms with Crippen LogP contribution in [0.3, 0.4) is 0 Å². The molecule has 0 saturated carbocycles. The Balaban J connectivity index is 1.39. The molecule has 1 amide bonds. The fraction of sp³-hybridized carbons (Fsp3) is 0.588. The van der Waals surface area contributed by atoms with Gasteiger partial charge in [-0.2, -0.15) is 0 Å². The molecule has 0 bridgehead atoms. The van der Waals surface area contributed by atoms with E-state index in [-0.39, 0.29) is 11.9 Å². The summed E-state index contributed by atoms with van der Waals surface area (Å²) in [6, 6.07) is 9.05. The van der Waals surface area contributed by atoms with E-state index in [2.05, 4.69) is 27.7 Å². The molecule has 0 aromatic heterocycles. The van der Waals surface area contributed by atoms with Gasteiger partial charge in [-0.25, -0.2) is 0 Å². The number of benzene rings is 1. The largest absolute Gasteiger partial charge is 0.373 e. The Labute approximate surface area is 125 Å². The molecule has 112 valence electrons. The van der Waals surface area contributed by atoms with Crippen molar-refractivity contribution in [3.05, 3.63) is 29.8 Å². The van der Waals surface area contributed by atoms with Crippen molar-refractivity contribution in [3.63, 3.8) is 0 Å². The third-order valence-electron chi connectivity index (χ3n) is 5.27. The van der Waals surface area contributed by atoms with Gasteiger partial charge in [-0.05, 0) is 37.4 Å². The number of piperidine rings is 1. The Hall–Kier alpha value is -1.55. The second-order valence-electron chi connectivity index (χ2n) is 6.56. The lowest BCUT2D eigenvalue weighted by molar-refractivity contribution is -0.122. The van der Waals surface area contributed by atoms with E-state index in [0.717, 1.165) is 25.1 Å². The van der Waals surface area contributed by atoms with Crippen molar-refractivity contribution in [2.24, 2.45) is 0 Å². The maximum absolute atomic E-state index is 12.6. The van der Waals surface area contributed by atoms with E-state index in [4.69, 9.17) is 0 Å². The van der Waals surface area contributed by atoms with Crippen LogP contribution >= 0.6 is 0 Å². The number of fused-ring (bicyclic) bond motifs is 2. The van der Waals surface area contributed by atoms with Crippen LogP contribution in [0.15, 0.2) is 24.3 Å². The third-order valence-corrected chi connectivity index (χ3v) is 5.27. The molecule has 3 heterocycles. The molecule has 3 unspecified atom stereocenters. The summed E-state index contributed by atoms with van der Waals surface area (Å²) in [6.45, 7) is 2.36. The Kier molecular flexibility index (Phi) is 3.34. The number of nitrogens with zero attached hydrogens (tertiary/aromatic N) is 1. The molecule has 0 aliphatic carbocycles. The smallest absolute Gasteiger partial charge is 0.243 e. The molecule has 0 spiro atoms. The molecular weight excluding hydrogens is 262 g/mol. The van der Waals surface area contributed by atoms with Crippen molar-refractivity contribution in [1.82, 2.24) is 10.2 Å². The second kappa shape index (κ2) is 5.34. The number of nitrogens with one attached hydrogen (secondary N) is 2. The Morgan fingerprint density at radius 2 is 2.10 bits per heavy atom. The highest BCUT2D eigenvalue weighted by molar-refractivity contribution is 5.87. The first kappa shape index (κ1) is 13.1. The van der Waals surface area contributed by atoms with Crippen LogP contribution in [-0.2, 0) is 11.2 Å². The van der Waals surface area contributed by atoms with E-state index in [1.807, 2.05) is 12.1 Å². The molecule has 1 aromatic carbocycles. The predicted octanol–water partition coefficient (Wildman–Crippen LogP) is 1.77. The molecule has 3 aliphatic heterocycles. The van der Waals surface area contributed by atoms with E-state index in [0.29, 0.717) is 12.1 Å². The van der Waals surface area contributed by atoms with Gasteiger partial charge >= 0.3 is 0 Å². The summed E-state index contributed by atoms with van der Waals surface area (Å²) in [4.78, 5) is 15.1. The van der Waals surface area contributed by atoms with Crippen LogP contribution in [-0.4, -0.2) is 42.0 Å². The molecule has 4 heteroatoms. The number of hydrogen-bond donors (Lipinski definition) is 2. The van der Waals surface area contributed by atoms with Gasteiger partial charge in [0.15, 0.2) is 0 Å². The molecular formula is C17H23N3O. The van der Waals surface area contributed by atoms with Crippen molar-refractivity contribution in [2.45, 2.75) is 50.2 Å². The Morgan fingerprint density at radius 1 is 1.19 bits per heavy atom. The average Bonchev–Trinajstić information content (AvgIpc) is 3.11. The van der Waals surface area contributed by atoms with Gasteiger partial charge in [-0.15, -0.1) is 0 Å². The van der Waals surface area contributed by atoms with Crippen LogP contribution in [0.2, 0.25) is 0 Å². The fourth-order valence-electron chi connectivity index (χ4n) is 4.16. The average molecular weight is 285 g/mol. The first-order chi connectivity index (χ1) is 10.3. The molecule has 3 aliphatic rings. The number of carbonyl (C=O) groups excluding carboxylic acids is 1. The molecule has 1 aromatic rings. The number of para-hydroxylation sites is 1. The molecule has 3 atom stereocenters. The van der Waals surface area contributed by atoms with Crippen molar-refractivity contribution in [3.8, 4) is 0 Å². The fourth-order valence-corrected chi connectivity index (χ4v) is 4.16. The second-order valence-corrected chi connectivity index (χ2v) is 6.56. The quantitative estimate of drug-likeness (QED) is 0.870. The van der Waals surface area contributed by atoms with Crippen molar-refractivity contribution >= 4 is 11.6 Å². The minimum atomic E-state index is -0.0972. The zero-order chi connectivity index (χ0) is 14.2. The summed E-state index contributed by atoms with van der Waals surface area (Å²) in [7, 11) is 0. The van der Waals surface area contributed by atoms with Gasteiger partial charge < -0.3 is 10.6 Å². The SMILES string of the molecule is O=C(NC1CCN2CCCCC12)C1Cc2ccccc2N1. The molecule has 0 radical (unpaired) electrons. The molecule has 2 N–H and O–H groups in total. The van der Waals surface area contributed by atoms with Crippen LogP contribution in [0.4, 0.5) is 5.69 Å². The maximum atomic E-state index is 12.6. The van der Waals surface area contributed by atoms with E-state index in [1.54, 1.807) is 0 Å². The molecule has 4 rings (SSSR count). The zero-order valence-electron chi connectivity index (χ0n) is 12.3. The Morgan fingerprint density at radius 3 is 3.00 bits per heavy atom. The topological polar surface area (TPSA) is 44.4 Å². The summed E-state index contributed by atoms with van der Waals surface area (Å²) in [5.41, 5.74) is 2.37. The van der Waals surface area contributed by atoms with Gasteiger partial charge in [-0.1, -0.05) is 24.6 Å². The number of anilines is 1. The lowest BCUT2D eigenvalue weighted by Crippen LogP contribution is -2.50. The lowest BCUT2D eigenvalue weighted by atomic mass is 9.98. The first-order valence-electron chi connectivity index (χ1n) is 8.20. The molecule has 2 saturated heterocycles. The predicted molar refractivity (Wildman–Crippen MR) is 83.3 cm³/mol. The number of rotatable bonds is 2.